The van der Waals surface area contributed by atoms with Gasteiger partial charge in [0.15, 0.2) is 0 Å². The van der Waals surface area contributed by atoms with E-state index >= 15 is 0 Å². The monoisotopic (exact) mass is 292 g/mol. The molecule has 21 heavy (non-hydrogen) atoms. The second-order valence-corrected chi connectivity index (χ2v) is 5.70. The topological polar surface area (TPSA) is 32.3 Å². The van der Waals surface area contributed by atoms with Crippen molar-refractivity contribution in [3.8, 4) is 0 Å². The van der Waals surface area contributed by atoms with Gasteiger partial charge in [0.05, 0.1) is 5.56 Å². The molecule has 0 saturated carbocycles. The highest BCUT2D eigenvalue weighted by Gasteiger charge is 2.10. The van der Waals surface area contributed by atoms with E-state index in [2.05, 4.69) is 10.2 Å². The standard InChI is InChI=1S/C17H25FN2O/c18-16-10-4-3-9-15(16)17(21)19-11-5-1-6-12-20-13-7-2-8-14-20/h3-4,9-10H,1-2,5-8,11-14H2,(H,19,21). The summed E-state index contributed by atoms with van der Waals surface area (Å²) < 4.78 is 13.4. The Bertz CT molecular complexity index is 444. The lowest BCUT2D eigenvalue weighted by atomic mass is 10.1. The van der Waals surface area contributed by atoms with Crippen molar-refractivity contribution in [2.75, 3.05) is 26.2 Å². The molecule has 0 atom stereocenters. The Morgan fingerprint density at radius 1 is 1.10 bits per heavy atom. The van der Waals surface area contributed by atoms with Gasteiger partial charge in [-0.1, -0.05) is 25.0 Å². The third-order valence-corrected chi connectivity index (χ3v) is 4.00. The zero-order chi connectivity index (χ0) is 14.9. The Balaban J connectivity index is 1.55. The molecule has 0 unspecified atom stereocenters. The summed E-state index contributed by atoms with van der Waals surface area (Å²) in [4.78, 5) is 14.3. The number of amides is 1. The molecule has 1 saturated heterocycles. The highest BCUT2D eigenvalue weighted by molar-refractivity contribution is 5.94. The van der Waals surface area contributed by atoms with Crippen LogP contribution in [0, 0.1) is 5.82 Å². The van der Waals surface area contributed by atoms with Crippen LogP contribution < -0.4 is 5.32 Å². The molecular formula is C17H25FN2O. The number of rotatable bonds is 7. The van der Waals surface area contributed by atoms with E-state index in [0.717, 1.165) is 12.8 Å². The summed E-state index contributed by atoms with van der Waals surface area (Å²) in [5.41, 5.74) is 0.130. The van der Waals surface area contributed by atoms with Crippen molar-refractivity contribution in [1.29, 1.82) is 0 Å². The van der Waals surface area contributed by atoms with Crippen molar-refractivity contribution in [2.45, 2.75) is 38.5 Å². The van der Waals surface area contributed by atoms with Gasteiger partial charge in [-0.2, -0.15) is 0 Å². The van der Waals surface area contributed by atoms with Crippen LogP contribution >= 0.6 is 0 Å². The van der Waals surface area contributed by atoms with Crippen molar-refractivity contribution in [1.82, 2.24) is 10.2 Å². The molecule has 1 aliphatic rings. The highest BCUT2D eigenvalue weighted by Crippen LogP contribution is 2.10. The molecule has 3 nitrogen and oxygen atoms in total. The number of halogens is 1. The van der Waals surface area contributed by atoms with Gasteiger partial charge in [-0.05, 0) is 57.5 Å². The first-order valence-electron chi connectivity index (χ1n) is 8.02. The van der Waals surface area contributed by atoms with Crippen LogP contribution in [0.2, 0.25) is 0 Å². The van der Waals surface area contributed by atoms with Crippen LogP contribution in [0.5, 0.6) is 0 Å². The summed E-state index contributed by atoms with van der Waals surface area (Å²) in [5.74, 6) is -0.774. The maximum atomic E-state index is 13.4. The average molecular weight is 292 g/mol. The zero-order valence-corrected chi connectivity index (χ0v) is 12.6. The number of nitrogens with one attached hydrogen (secondary N) is 1. The second-order valence-electron chi connectivity index (χ2n) is 5.70. The van der Waals surface area contributed by atoms with Crippen LogP contribution in [0.1, 0.15) is 48.9 Å². The van der Waals surface area contributed by atoms with Crippen molar-refractivity contribution < 1.29 is 9.18 Å². The first-order valence-corrected chi connectivity index (χ1v) is 8.02. The Kier molecular flexibility index (Phi) is 6.67. The van der Waals surface area contributed by atoms with Gasteiger partial charge in [-0.3, -0.25) is 4.79 Å². The molecule has 0 radical (unpaired) electrons. The number of hydrogen-bond acceptors (Lipinski definition) is 2. The van der Waals surface area contributed by atoms with Gasteiger partial charge in [-0.15, -0.1) is 0 Å². The molecule has 2 rings (SSSR count). The maximum Gasteiger partial charge on any atom is 0.254 e. The summed E-state index contributed by atoms with van der Waals surface area (Å²) in [6.07, 6.45) is 7.27. The quantitative estimate of drug-likeness (QED) is 0.783. The van der Waals surface area contributed by atoms with E-state index in [9.17, 15) is 9.18 Å². The van der Waals surface area contributed by atoms with Gasteiger partial charge in [0.25, 0.3) is 5.91 Å². The smallest absolute Gasteiger partial charge is 0.254 e. The molecule has 1 amide bonds. The molecule has 0 spiro atoms. The molecule has 1 heterocycles. The Morgan fingerprint density at radius 3 is 2.62 bits per heavy atom. The number of nitrogens with zero attached hydrogens (tertiary/aromatic N) is 1. The minimum atomic E-state index is -0.458. The molecule has 4 heteroatoms. The lowest BCUT2D eigenvalue weighted by Crippen LogP contribution is -2.30. The lowest BCUT2D eigenvalue weighted by molar-refractivity contribution is 0.0948. The number of carbonyl (C=O) groups is 1. The van der Waals surface area contributed by atoms with Crippen molar-refractivity contribution in [2.24, 2.45) is 0 Å². The number of likely N-dealkylation sites (tertiary alicyclic amines) is 1. The first kappa shape index (κ1) is 16.0. The molecule has 116 valence electrons. The third-order valence-electron chi connectivity index (χ3n) is 4.00. The first-order chi connectivity index (χ1) is 10.3. The Labute approximate surface area is 126 Å². The van der Waals surface area contributed by atoms with Crippen LogP contribution in [0.15, 0.2) is 24.3 Å². The third kappa shape index (κ3) is 5.46. The molecule has 0 bridgehead atoms. The number of carbonyl (C=O) groups excluding carboxylic acids is 1. The number of unbranched alkanes of at least 4 members (excludes halogenated alkanes) is 2. The average Bonchev–Trinajstić information content (AvgIpc) is 2.52. The highest BCUT2D eigenvalue weighted by atomic mass is 19.1. The fourth-order valence-corrected chi connectivity index (χ4v) is 2.76. The molecule has 0 aromatic heterocycles. The van der Waals surface area contributed by atoms with Gasteiger partial charge in [-0.25, -0.2) is 4.39 Å². The SMILES string of the molecule is O=C(NCCCCCN1CCCCC1)c1ccccc1F. The molecule has 1 aromatic rings. The molecule has 1 aromatic carbocycles. The maximum absolute atomic E-state index is 13.4. The van der Waals surface area contributed by atoms with E-state index in [1.807, 2.05) is 0 Å². The van der Waals surface area contributed by atoms with Crippen molar-refractivity contribution in [3.05, 3.63) is 35.6 Å². The zero-order valence-electron chi connectivity index (χ0n) is 12.6. The van der Waals surface area contributed by atoms with Gasteiger partial charge in [0.1, 0.15) is 5.82 Å². The molecule has 0 aliphatic carbocycles. The normalized spacial score (nSPS) is 15.9. The number of piperidine rings is 1. The summed E-state index contributed by atoms with van der Waals surface area (Å²) in [7, 11) is 0. The van der Waals surface area contributed by atoms with Crippen molar-refractivity contribution in [3.63, 3.8) is 0 Å². The molecule has 1 N–H and O–H groups in total. The largest absolute Gasteiger partial charge is 0.352 e. The predicted octanol–water partition coefficient (Wildman–Crippen LogP) is 3.21. The Hall–Kier alpha value is -1.42. The van der Waals surface area contributed by atoms with E-state index in [1.165, 1.54) is 57.5 Å². The summed E-state index contributed by atoms with van der Waals surface area (Å²) >= 11 is 0. The van der Waals surface area contributed by atoms with Crippen LogP contribution in [0.3, 0.4) is 0 Å². The Morgan fingerprint density at radius 2 is 1.86 bits per heavy atom. The van der Waals surface area contributed by atoms with E-state index in [-0.39, 0.29) is 11.5 Å². The van der Waals surface area contributed by atoms with Crippen LogP contribution in [0.25, 0.3) is 0 Å². The van der Waals surface area contributed by atoms with Gasteiger partial charge >= 0.3 is 0 Å². The van der Waals surface area contributed by atoms with Crippen LogP contribution in [-0.2, 0) is 0 Å². The van der Waals surface area contributed by atoms with Crippen molar-refractivity contribution >= 4 is 5.91 Å². The minimum Gasteiger partial charge on any atom is -0.352 e. The predicted molar refractivity (Wildman–Crippen MR) is 82.9 cm³/mol. The fraction of sp³-hybridized carbons (Fsp3) is 0.588. The minimum absolute atomic E-state index is 0.130. The fourth-order valence-electron chi connectivity index (χ4n) is 2.76. The van der Waals surface area contributed by atoms with Gasteiger partial charge in [0.2, 0.25) is 0 Å². The van der Waals surface area contributed by atoms with E-state index in [1.54, 1.807) is 12.1 Å². The molecular weight excluding hydrogens is 267 g/mol. The van der Waals surface area contributed by atoms with E-state index < -0.39 is 5.82 Å². The number of benzene rings is 1. The lowest BCUT2D eigenvalue weighted by Gasteiger charge is -2.26. The molecule has 1 aliphatic heterocycles. The molecule has 1 fully saturated rings. The van der Waals surface area contributed by atoms with Gasteiger partial charge < -0.3 is 10.2 Å². The summed E-state index contributed by atoms with van der Waals surface area (Å²) in [5, 5.41) is 2.79. The van der Waals surface area contributed by atoms with Crippen LogP contribution in [-0.4, -0.2) is 37.0 Å². The van der Waals surface area contributed by atoms with Gasteiger partial charge in [0, 0.05) is 6.54 Å². The van der Waals surface area contributed by atoms with Crippen LogP contribution in [0.4, 0.5) is 4.39 Å². The summed E-state index contributed by atoms with van der Waals surface area (Å²) in [6.45, 7) is 4.27. The summed E-state index contributed by atoms with van der Waals surface area (Å²) in [6, 6.07) is 6.10. The van der Waals surface area contributed by atoms with E-state index in [0.29, 0.717) is 6.54 Å². The number of hydrogen-bond donors (Lipinski definition) is 1. The second kappa shape index (κ2) is 8.78. The van der Waals surface area contributed by atoms with E-state index in [4.69, 9.17) is 0 Å².